The van der Waals surface area contributed by atoms with Crippen molar-refractivity contribution in [3.05, 3.63) is 59.7 Å². The van der Waals surface area contributed by atoms with Crippen molar-refractivity contribution in [1.82, 2.24) is 15.5 Å². The summed E-state index contributed by atoms with van der Waals surface area (Å²) in [7, 11) is 0. The second-order valence-electron chi connectivity index (χ2n) is 10.3. The summed E-state index contributed by atoms with van der Waals surface area (Å²) < 4.78 is 5.38. The first-order chi connectivity index (χ1) is 18.4. The summed E-state index contributed by atoms with van der Waals surface area (Å²) in [5.74, 6) is -1.13. The first-order valence-corrected chi connectivity index (χ1v) is 13.2. The molecule has 0 aromatic heterocycles. The Balaban J connectivity index is 2.47. The normalized spacial score (nSPS) is 12.7. The van der Waals surface area contributed by atoms with Gasteiger partial charge in [0, 0.05) is 19.5 Å². The van der Waals surface area contributed by atoms with Gasteiger partial charge in [0.25, 0.3) is 0 Å². The van der Waals surface area contributed by atoms with Gasteiger partial charge in [0.05, 0.1) is 6.61 Å². The highest BCUT2D eigenvalue weighted by molar-refractivity contribution is 5.92. The van der Waals surface area contributed by atoms with Crippen LogP contribution in [-0.4, -0.2) is 69.5 Å². The van der Waals surface area contributed by atoms with E-state index >= 15 is 0 Å². The van der Waals surface area contributed by atoms with Crippen molar-refractivity contribution in [1.29, 1.82) is 0 Å². The molecule has 0 radical (unpaired) electrons. The van der Waals surface area contributed by atoms with E-state index in [1.54, 1.807) is 45.0 Å². The van der Waals surface area contributed by atoms with Gasteiger partial charge < -0.3 is 35.6 Å². The number of aliphatic hydroxyl groups is 1. The van der Waals surface area contributed by atoms with E-state index in [4.69, 9.17) is 4.74 Å². The summed E-state index contributed by atoms with van der Waals surface area (Å²) in [6, 6.07) is 9.86. The molecule has 0 saturated carbocycles. The molecule has 0 aliphatic heterocycles. The molecular weight excluding hydrogens is 502 g/mol. The van der Waals surface area contributed by atoms with Crippen molar-refractivity contribution in [3.63, 3.8) is 0 Å². The molecule has 214 valence electrons. The minimum absolute atomic E-state index is 0.0329. The van der Waals surface area contributed by atoms with Crippen LogP contribution in [0.4, 0.5) is 4.79 Å². The van der Waals surface area contributed by atoms with Gasteiger partial charge in [-0.05, 0) is 62.6 Å². The number of unbranched alkanes of at least 4 members (excludes halogenated alkanes) is 2. The van der Waals surface area contributed by atoms with Crippen molar-refractivity contribution in [2.75, 3.05) is 19.7 Å². The summed E-state index contributed by atoms with van der Waals surface area (Å²) in [6.07, 6.45) is 1.86. The molecular formula is C29H41N3O7. The molecule has 0 saturated heterocycles. The molecule has 0 bridgehead atoms. The van der Waals surface area contributed by atoms with Crippen LogP contribution in [0.15, 0.2) is 48.5 Å². The average Bonchev–Trinajstić information content (AvgIpc) is 2.86. The fourth-order valence-electron chi connectivity index (χ4n) is 4.04. The third kappa shape index (κ3) is 10.5. The molecule has 0 heterocycles. The van der Waals surface area contributed by atoms with E-state index in [1.165, 1.54) is 29.2 Å². The molecule has 2 atom stereocenters. The van der Waals surface area contributed by atoms with Gasteiger partial charge >= 0.3 is 6.09 Å². The topological polar surface area (TPSA) is 148 Å². The van der Waals surface area contributed by atoms with E-state index in [0.717, 1.165) is 19.3 Å². The molecule has 39 heavy (non-hydrogen) atoms. The van der Waals surface area contributed by atoms with Crippen LogP contribution >= 0.6 is 0 Å². The first kappa shape index (κ1) is 31.4. The lowest BCUT2D eigenvalue weighted by Gasteiger charge is -2.34. The largest absolute Gasteiger partial charge is 0.508 e. The summed E-state index contributed by atoms with van der Waals surface area (Å²) >= 11 is 0. The van der Waals surface area contributed by atoms with Gasteiger partial charge in [-0.15, -0.1) is 0 Å². The van der Waals surface area contributed by atoms with Gasteiger partial charge in [0.2, 0.25) is 11.8 Å². The highest BCUT2D eigenvalue weighted by Gasteiger charge is 2.36. The molecule has 2 aromatic carbocycles. The third-order valence-electron chi connectivity index (χ3n) is 5.81. The maximum atomic E-state index is 14.0. The van der Waals surface area contributed by atoms with E-state index < -0.39 is 42.2 Å². The zero-order chi connectivity index (χ0) is 29.0. The van der Waals surface area contributed by atoms with Crippen LogP contribution in [-0.2, 0) is 20.7 Å². The first-order valence-electron chi connectivity index (χ1n) is 13.2. The Kier molecular flexibility index (Phi) is 12.1. The van der Waals surface area contributed by atoms with E-state index in [2.05, 4.69) is 10.6 Å². The molecule has 3 amide bonds. The number of amides is 3. The Bertz CT molecular complexity index is 1080. The number of aromatic hydroxyl groups is 2. The van der Waals surface area contributed by atoms with Crippen molar-refractivity contribution in [2.45, 2.75) is 71.1 Å². The zero-order valence-electron chi connectivity index (χ0n) is 23.1. The molecule has 5 N–H and O–H groups in total. The minimum atomic E-state index is -1.18. The minimum Gasteiger partial charge on any atom is -0.508 e. The van der Waals surface area contributed by atoms with E-state index in [-0.39, 0.29) is 24.5 Å². The number of rotatable bonds is 13. The maximum absolute atomic E-state index is 14.0. The number of hydrogen-bond donors (Lipinski definition) is 5. The fraction of sp³-hybridized carbons (Fsp3) is 0.483. The summed E-state index contributed by atoms with van der Waals surface area (Å²) in [5.41, 5.74) is 0.179. The van der Waals surface area contributed by atoms with Crippen LogP contribution in [0.5, 0.6) is 11.5 Å². The van der Waals surface area contributed by atoms with Crippen molar-refractivity contribution >= 4 is 17.9 Å². The molecule has 0 fully saturated rings. The number of ether oxygens (including phenoxy) is 1. The van der Waals surface area contributed by atoms with Gasteiger partial charge in [-0.25, -0.2) is 4.79 Å². The van der Waals surface area contributed by atoms with E-state index in [1.807, 2.05) is 6.92 Å². The van der Waals surface area contributed by atoms with Gasteiger partial charge in [-0.1, -0.05) is 44.0 Å². The van der Waals surface area contributed by atoms with Crippen molar-refractivity contribution < 1.29 is 34.4 Å². The van der Waals surface area contributed by atoms with Gasteiger partial charge in [-0.2, -0.15) is 0 Å². The van der Waals surface area contributed by atoms with Crippen LogP contribution in [0.1, 0.15) is 64.1 Å². The predicted octanol–water partition coefficient (Wildman–Crippen LogP) is 3.40. The summed E-state index contributed by atoms with van der Waals surface area (Å²) in [6.45, 7) is 6.89. The molecule has 10 heteroatoms. The Morgan fingerprint density at radius 3 is 2.28 bits per heavy atom. The number of aliphatic hydroxyl groups excluding tert-OH is 1. The van der Waals surface area contributed by atoms with Crippen LogP contribution in [0.25, 0.3) is 0 Å². The third-order valence-corrected chi connectivity index (χ3v) is 5.81. The van der Waals surface area contributed by atoms with Crippen molar-refractivity contribution in [3.8, 4) is 11.5 Å². The molecule has 0 aliphatic carbocycles. The average molecular weight is 544 g/mol. The fourth-order valence-corrected chi connectivity index (χ4v) is 4.04. The summed E-state index contributed by atoms with van der Waals surface area (Å²) in [4.78, 5) is 41.4. The number of nitrogens with one attached hydrogen (secondary N) is 2. The molecule has 2 unspecified atom stereocenters. The monoisotopic (exact) mass is 543 g/mol. The lowest BCUT2D eigenvalue weighted by Crippen LogP contribution is -2.54. The Morgan fingerprint density at radius 2 is 1.69 bits per heavy atom. The van der Waals surface area contributed by atoms with Crippen LogP contribution in [0.3, 0.4) is 0 Å². The molecule has 2 rings (SSSR count). The number of benzene rings is 2. The summed E-state index contributed by atoms with van der Waals surface area (Å²) in [5, 5.41) is 35.1. The number of phenols is 2. The van der Waals surface area contributed by atoms with Crippen molar-refractivity contribution in [2.24, 2.45) is 0 Å². The lowest BCUT2D eigenvalue weighted by atomic mass is 10.00. The number of alkyl carbamates (subject to hydrolysis) is 1. The number of hydrogen-bond acceptors (Lipinski definition) is 7. The SMILES string of the molecule is CCCCCNC(=O)C(c1cccc(O)c1)N(CCO)C(=O)C(Cc1ccc(O)cc1)NC(=O)OC(C)(C)C. The molecule has 2 aromatic rings. The van der Waals surface area contributed by atoms with Gasteiger partial charge in [-0.3, -0.25) is 9.59 Å². The number of nitrogens with zero attached hydrogens (tertiary/aromatic N) is 1. The lowest BCUT2D eigenvalue weighted by molar-refractivity contribution is -0.143. The Labute approximate surface area is 230 Å². The second-order valence-corrected chi connectivity index (χ2v) is 10.3. The molecule has 10 nitrogen and oxygen atoms in total. The van der Waals surface area contributed by atoms with Crippen LogP contribution in [0, 0.1) is 0 Å². The quantitative estimate of drug-likeness (QED) is 0.243. The Hall–Kier alpha value is -3.79. The number of carbonyl (C=O) groups excluding carboxylic acids is 3. The molecule has 0 spiro atoms. The number of carbonyl (C=O) groups is 3. The number of phenolic OH excluding ortho intramolecular Hbond substituents is 2. The second kappa shape index (κ2) is 15.0. The highest BCUT2D eigenvalue weighted by atomic mass is 16.6. The predicted molar refractivity (Wildman–Crippen MR) is 147 cm³/mol. The molecule has 0 aliphatic rings. The van der Waals surface area contributed by atoms with Crippen LogP contribution in [0.2, 0.25) is 0 Å². The maximum Gasteiger partial charge on any atom is 0.408 e. The van der Waals surface area contributed by atoms with Gasteiger partial charge in [0.15, 0.2) is 0 Å². The standard InChI is InChI=1S/C29H41N3O7/c1-5-6-7-15-30-26(36)25(21-9-8-10-23(35)19-21)32(16-17-33)27(37)24(31-28(38)39-29(2,3)4)18-20-11-13-22(34)14-12-20/h8-14,19,24-25,33-35H,5-7,15-18H2,1-4H3,(H,30,36)(H,31,38). The van der Waals surface area contributed by atoms with Crippen LogP contribution < -0.4 is 10.6 Å². The smallest absolute Gasteiger partial charge is 0.408 e. The Morgan fingerprint density at radius 1 is 1.00 bits per heavy atom. The zero-order valence-corrected chi connectivity index (χ0v) is 23.1. The van der Waals surface area contributed by atoms with E-state index in [9.17, 15) is 29.7 Å². The van der Waals surface area contributed by atoms with Gasteiger partial charge in [0.1, 0.15) is 29.2 Å². The van der Waals surface area contributed by atoms with E-state index in [0.29, 0.717) is 17.7 Å². The highest BCUT2D eigenvalue weighted by Crippen LogP contribution is 2.26.